The van der Waals surface area contributed by atoms with E-state index < -0.39 is 0 Å². The Morgan fingerprint density at radius 3 is 2.37 bits per heavy atom. The smallest absolute Gasteiger partial charge is 0.211 e. The first-order valence-electron chi connectivity index (χ1n) is 6.47. The van der Waals surface area contributed by atoms with Crippen molar-refractivity contribution in [2.45, 2.75) is 37.8 Å². The van der Waals surface area contributed by atoms with E-state index in [4.69, 9.17) is 0 Å². The van der Waals surface area contributed by atoms with Gasteiger partial charge in [-0.15, -0.1) is 0 Å². The van der Waals surface area contributed by atoms with Crippen molar-refractivity contribution >= 4 is 12.2 Å². The Labute approximate surface area is 112 Å². The molecule has 1 aliphatic carbocycles. The highest BCUT2D eigenvalue weighted by atomic mass is 16.1. The van der Waals surface area contributed by atoms with Crippen LogP contribution in [0, 0.1) is 5.92 Å². The number of aliphatic imine (C=N–C) groups is 2. The monoisotopic (exact) mass is 256 g/mol. The summed E-state index contributed by atoms with van der Waals surface area (Å²) >= 11 is 0. The third-order valence-corrected chi connectivity index (χ3v) is 3.99. The van der Waals surface area contributed by atoms with Crippen LogP contribution in [0.2, 0.25) is 0 Å². The maximum absolute atomic E-state index is 10.6. The molecule has 0 bridgehead atoms. The molecule has 0 radical (unpaired) electrons. The van der Waals surface area contributed by atoms with Crippen LogP contribution < -0.4 is 0 Å². The van der Waals surface area contributed by atoms with Gasteiger partial charge in [-0.1, -0.05) is 37.3 Å². The minimum absolute atomic E-state index is 0.152. The zero-order valence-corrected chi connectivity index (χ0v) is 10.8. The van der Waals surface area contributed by atoms with Crippen LogP contribution in [0.1, 0.15) is 31.2 Å². The van der Waals surface area contributed by atoms with Gasteiger partial charge in [-0.2, -0.15) is 4.99 Å². The predicted octanol–water partition coefficient (Wildman–Crippen LogP) is 2.61. The van der Waals surface area contributed by atoms with E-state index in [1.165, 1.54) is 5.56 Å². The van der Waals surface area contributed by atoms with Gasteiger partial charge in [-0.3, -0.25) is 0 Å². The Bertz CT molecular complexity index is 516. The van der Waals surface area contributed by atoms with Crippen molar-refractivity contribution in [3.63, 3.8) is 0 Å². The number of carbonyl (C=O) groups excluding carboxylic acids is 2. The second-order valence-corrected chi connectivity index (χ2v) is 4.95. The van der Waals surface area contributed by atoms with E-state index in [-0.39, 0.29) is 18.0 Å². The minimum atomic E-state index is -0.280. The molecule has 1 aromatic rings. The first kappa shape index (κ1) is 13.4. The zero-order valence-electron chi connectivity index (χ0n) is 10.8. The van der Waals surface area contributed by atoms with Crippen molar-refractivity contribution in [3.8, 4) is 0 Å². The van der Waals surface area contributed by atoms with Gasteiger partial charge in [0.15, 0.2) is 0 Å². The lowest BCUT2D eigenvalue weighted by Gasteiger charge is -2.36. The van der Waals surface area contributed by atoms with Crippen LogP contribution in [0.4, 0.5) is 0 Å². The van der Waals surface area contributed by atoms with E-state index in [9.17, 15) is 9.59 Å². The SMILES string of the molecule is CC1C(c2ccccc2)CCC(N=C=O)C1N=C=O. The largest absolute Gasteiger partial charge is 0.235 e. The van der Waals surface area contributed by atoms with E-state index in [2.05, 4.69) is 29.0 Å². The zero-order chi connectivity index (χ0) is 13.7. The van der Waals surface area contributed by atoms with Gasteiger partial charge < -0.3 is 0 Å². The second-order valence-electron chi connectivity index (χ2n) is 4.95. The molecule has 0 N–H and O–H groups in total. The molecule has 1 saturated carbocycles. The fourth-order valence-electron chi connectivity index (χ4n) is 3.02. The number of rotatable bonds is 3. The Morgan fingerprint density at radius 2 is 1.74 bits per heavy atom. The summed E-state index contributed by atoms with van der Waals surface area (Å²) in [4.78, 5) is 28.7. The van der Waals surface area contributed by atoms with E-state index in [1.54, 1.807) is 12.2 Å². The first-order chi connectivity index (χ1) is 9.27. The average molecular weight is 256 g/mol. The third kappa shape index (κ3) is 2.87. The fourth-order valence-corrected chi connectivity index (χ4v) is 3.02. The molecule has 0 amide bonds. The van der Waals surface area contributed by atoms with Crippen molar-refractivity contribution < 1.29 is 9.59 Å². The molecule has 2 rings (SSSR count). The van der Waals surface area contributed by atoms with Gasteiger partial charge in [0.2, 0.25) is 12.2 Å². The molecule has 0 aliphatic heterocycles. The number of benzene rings is 1. The van der Waals surface area contributed by atoms with E-state index in [1.807, 2.05) is 18.2 Å². The summed E-state index contributed by atoms with van der Waals surface area (Å²) in [5, 5.41) is 0. The van der Waals surface area contributed by atoms with E-state index >= 15 is 0 Å². The number of nitrogens with zero attached hydrogens (tertiary/aromatic N) is 2. The summed E-state index contributed by atoms with van der Waals surface area (Å²) in [6.45, 7) is 2.05. The molecule has 98 valence electrons. The lowest BCUT2D eigenvalue weighted by Crippen LogP contribution is -2.38. The molecule has 4 heteroatoms. The van der Waals surface area contributed by atoms with Crippen LogP contribution in [0.15, 0.2) is 40.3 Å². The molecule has 0 spiro atoms. The Hall–Kier alpha value is -2.02. The van der Waals surface area contributed by atoms with Crippen molar-refractivity contribution in [2.24, 2.45) is 15.9 Å². The van der Waals surface area contributed by atoms with Gasteiger partial charge in [-0.25, -0.2) is 14.6 Å². The van der Waals surface area contributed by atoms with Crippen LogP contribution in [-0.2, 0) is 9.59 Å². The van der Waals surface area contributed by atoms with Crippen LogP contribution in [-0.4, -0.2) is 24.2 Å². The summed E-state index contributed by atoms with van der Waals surface area (Å²) in [6.07, 6.45) is 4.88. The molecular weight excluding hydrogens is 240 g/mol. The third-order valence-electron chi connectivity index (χ3n) is 3.99. The lowest BCUT2D eigenvalue weighted by atomic mass is 9.72. The quantitative estimate of drug-likeness (QED) is 0.616. The Balaban J connectivity index is 2.27. The molecule has 1 fully saturated rings. The second kappa shape index (κ2) is 6.24. The van der Waals surface area contributed by atoms with Gasteiger partial charge in [-0.05, 0) is 30.2 Å². The normalized spacial score (nSPS) is 29.9. The van der Waals surface area contributed by atoms with Gasteiger partial charge in [0.25, 0.3) is 0 Å². The van der Waals surface area contributed by atoms with Gasteiger partial charge >= 0.3 is 0 Å². The minimum Gasteiger partial charge on any atom is -0.211 e. The van der Waals surface area contributed by atoms with Crippen LogP contribution in [0.5, 0.6) is 0 Å². The van der Waals surface area contributed by atoms with Gasteiger partial charge in [0, 0.05) is 0 Å². The Kier molecular flexibility index (Phi) is 4.40. The molecule has 1 aliphatic rings. The molecule has 4 unspecified atom stereocenters. The standard InChI is InChI=1S/C15H16N2O2/c1-11-13(12-5-3-2-4-6-12)7-8-14(16-9-18)15(11)17-10-19/h2-6,11,13-15H,7-8H2,1H3. The highest BCUT2D eigenvalue weighted by molar-refractivity contribution is 5.37. The molecule has 19 heavy (non-hydrogen) atoms. The molecule has 4 atom stereocenters. The highest BCUT2D eigenvalue weighted by Crippen LogP contribution is 2.40. The maximum Gasteiger partial charge on any atom is 0.235 e. The molecular formula is C15H16N2O2. The van der Waals surface area contributed by atoms with Crippen molar-refractivity contribution in [2.75, 3.05) is 0 Å². The van der Waals surface area contributed by atoms with Crippen molar-refractivity contribution in [3.05, 3.63) is 35.9 Å². The molecule has 1 aromatic carbocycles. The Morgan fingerprint density at radius 1 is 1.05 bits per heavy atom. The summed E-state index contributed by atoms with van der Waals surface area (Å²) in [6, 6.07) is 9.66. The average Bonchev–Trinajstić information content (AvgIpc) is 2.44. The van der Waals surface area contributed by atoms with Crippen LogP contribution >= 0.6 is 0 Å². The fraction of sp³-hybridized carbons (Fsp3) is 0.467. The number of isocyanates is 2. The topological polar surface area (TPSA) is 58.9 Å². The van der Waals surface area contributed by atoms with Crippen LogP contribution in [0.3, 0.4) is 0 Å². The maximum atomic E-state index is 10.6. The lowest BCUT2D eigenvalue weighted by molar-refractivity contribution is 0.256. The number of hydrogen-bond acceptors (Lipinski definition) is 4. The first-order valence-corrected chi connectivity index (χ1v) is 6.47. The highest BCUT2D eigenvalue weighted by Gasteiger charge is 2.37. The number of hydrogen-bond donors (Lipinski definition) is 0. The van der Waals surface area contributed by atoms with E-state index in [0.717, 1.165) is 12.8 Å². The van der Waals surface area contributed by atoms with Gasteiger partial charge in [0.1, 0.15) is 0 Å². The molecule has 0 heterocycles. The van der Waals surface area contributed by atoms with Gasteiger partial charge in [0.05, 0.1) is 12.1 Å². The molecule has 0 saturated heterocycles. The summed E-state index contributed by atoms with van der Waals surface area (Å²) in [5.41, 5.74) is 1.25. The predicted molar refractivity (Wildman–Crippen MR) is 71.4 cm³/mol. The molecule has 0 aromatic heterocycles. The van der Waals surface area contributed by atoms with Crippen molar-refractivity contribution in [1.29, 1.82) is 0 Å². The summed E-state index contributed by atoms with van der Waals surface area (Å²) in [5.74, 6) is 0.487. The summed E-state index contributed by atoms with van der Waals surface area (Å²) < 4.78 is 0. The van der Waals surface area contributed by atoms with Crippen molar-refractivity contribution in [1.82, 2.24) is 0 Å². The summed E-state index contributed by atoms with van der Waals surface area (Å²) in [7, 11) is 0. The van der Waals surface area contributed by atoms with Crippen LogP contribution in [0.25, 0.3) is 0 Å². The van der Waals surface area contributed by atoms with E-state index in [0.29, 0.717) is 5.92 Å². The molecule has 4 nitrogen and oxygen atoms in total.